The summed E-state index contributed by atoms with van der Waals surface area (Å²) in [4.78, 5) is 12.4. The molecule has 1 aromatic carbocycles. The highest BCUT2D eigenvalue weighted by atomic mass is 32.2. The number of thiazole rings is 1. The molecule has 2 heterocycles. The molecule has 3 aromatic rings. The summed E-state index contributed by atoms with van der Waals surface area (Å²) in [6, 6.07) is 14.5. The Bertz CT molecular complexity index is 884. The highest BCUT2D eigenvalue weighted by molar-refractivity contribution is 7.99. The van der Waals surface area contributed by atoms with Gasteiger partial charge < -0.3 is 5.32 Å². The Morgan fingerprint density at radius 2 is 1.80 bits per heavy atom. The number of benzene rings is 1. The van der Waals surface area contributed by atoms with Crippen LogP contribution < -0.4 is 5.32 Å². The van der Waals surface area contributed by atoms with Gasteiger partial charge in [-0.25, -0.2) is 9.97 Å². The molecule has 2 aromatic heterocycles. The van der Waals surface area contributed by atoms with Gasteiger partial charge in [-0.05, 0) is 44.0 Å². The molecule has 0 atom stereocenters. The van der Waals surface area contributed by atoms with E-state index >= 15 is 0 Å². The third-order valence-electron chi connectivity index (χ3n) is 5.18. The maximum Gasteiger partial charge on any atom is 0.188 e. The number of aryl methyl sites for hydroxylation is 2. The quantitative estimate of drug-likeness (QED) is 0.418. The zero-order valence-corrected chi connectivity index (χ0v) is 20.0. The second-order valence-corrected chi connectivity index (χ2v) is 10.3. The molecule has 1 N–H and O–H groups in total. The lowest BCUT2D eigenvalue weighted by Gasteiger charge is -2.20. The molecule has 30 heavy (non-hydrogen) atoms. The van der Waals surface area contributed by atoms with Gasteiger partial charge in [-0.1, -0.05) is 81.8 Å². The number of rotatable bonds is 6. The predicted molar refractivity (Wildman–Crippen MR) is 131 cm³/mol. The third kappa shape index (κ3) is 7.77. The monoisotopic (exact) mass is 439 g/mol. The molecule has 0 radical (unpaired) electrons. The number of nitrogens with one attached hydrogen (secondary N) is 1. The van der Waals surface area contributed by atoms with Gasteiger partial charge in [0.1, 0.15) is 5.82 Å². The van der Waals surface area contributed by atoms with Crippen LogP contribution in [0, 0.1) is 19.8 Å². The zero-order valence-electron chi connectivity index (χ0n) is 18.4. The predicted octanol–water partition coefficient (Wildman–Crippen LogP) is 8.42. The van der Waals surface area contributed by atoms with Gasteiger partial charge in [-0.15, -0.1) is 11.3 Å². The van der Waals surface area contributed by atoms with E-state index in [-0.39, 0.29) is 0 Å². The maximum atomic E-state index is 4.52. The SMILES string of the molecule is CCCC1CCCCC1.Cc1cc(Sc2ccccc2)cc(Nc2ncc(C)s2)n1. The fourth-order valence-corrected chi connectivity index (χ4v) is 5.43. The lowest BCUT2D eigenvalue weighted by molar-refractivity contribution is 0.336. The van der Waals surface area contributed by atoms with Gasteiger partial charge in [-0.3, -0.25) is 0 Å². The molecule has 3 nitrogen and oxygen atoms in total. The van der Waals surface area contributed by atoms with E-state index < -0.39 is 0 Å². The van der Waals surface area contributed by atoms with Gasteiger partial charge >= 0.3 is 0 Å². The second-order valence-electron chi connectivity index (χ2n) is 7.94. The summed E-state index contributed by atoms with van der Waals surface area (Å²) < 4.78 is 0. The minimum Gasteiger partial charge on any atom is -0.316 e. The normalized spacial score (nSPS) is 14.1. The van der Waals surface area contributed by atoms with E-state index in [1.165, 1.54) is 59.6 Å². The van der Waals surface area contributed by atoms with Crippen LogP contribution in [0.1, 0.15) is 62.4 Å². The molecule has 0 amide bonds. The lowest BCUT2D eigenvalue weighted by Crippen LogP contribution is -2.04. The van der Waals surface area contributed by atoms with Crippen LogP contribution in [0.3, 0.4) is 0 Å². The summed E-state index contributed by atoms with van der Waals surface area (Å²) in [6.07, 6.45) is 12.3. The average Bonchev–Trinajstić information content (AvgIpc) is 3.14. The molecule has 0 bridgehead atoms. The van der Waals surface area contributed by atoms with E-state index in [9.17, 15) is 0 Å². The third-order valence-corrected chi connectivity index (χ3v) is 6.99. The van der Waals surface area contributed by atoms with Crippen molar-refractivity contribution in [3.63, 3.8) is 0 Å². The highest BCUT2D eigenvalue weighted by Gasteiger charge is 2.11. The second kappa shape index (κ2) is 12.1. The fourth-order valence-electron chi connectivity index (χ4n) is 3.79. The molecule has 0 saturated heterocycles. The summed E-state index contributed by atoms with van der Waals surface area (Å²) >= 11 is 3.36. The van der Waals surface area contributed by atoms with E-state index in [1.54, 1.807) is 23.1 Å². The number of nitrogens with zero attached hydrogens (tertiary/aromatic N) is 2. The number of anilines is 2. The number of hydrogen-bond donors (Lipinski definition) is 1. The van der Waals surface area contributed by atoms with Crippen molar-refractivity contribution in [3.8, 4) is 0 Å². The molecule has 1 saturated carbocycles. The van der Waals surface area contributed by atoms with Crippen LogP contribution in [-0.4, -0.2) is 9.97 Å². The first-order valence-corrected chi connectivity index (χ1v) is 12.7. The Morgan fingerprint density at radius 3 is 2.47 bits per heavy atom. The number of pyridine rings is 1. The summed E-state index contributed by atoms with van der Waals surface area (Å²) in [5.41, 5.74) is 0.992. The Balaban J connectivity index is 0.000000239. The van der Waals surface area contributed by atoms with Gasteiger partial charge in [0.05, 0.1) is 0 Å². The first-order valence-electron chi connectivity index (χ1n) is 11.0. The summed E-state index contributed by atoms with van der Waals surface area (Å²) in [6.45, 7) is 6.35. The van der Waals surface area contributed by atoms with Crippen molar-refractivity contribution in [3.05, 3.63) is 59.2 Å². The van der Waals surface area contributed by atoms with Crippen LogP contribution in [0.2, 0.25) is 0 Å². The first kappa shape index (κ1) is 22.8. The summed E-state index contributed by atoms with van der Waals surface area (Å²) in [7, 11) is 0. The highest BCUT2D eigenvalue weighted by Crippen LogP contribution is 2.30. The largest absolute Gasteiger partial charge is 0.316 e. The smallest absolute Gasteiger partial charge is 0.188 e. The molecule has 1 aliphatic rings. The molecule has 1 aliphatic carbocycles. The maximum absolute atomic E-state index is 4.52. The molecular formula is C25H33N3S2. The number of aromatic nitrogens is 2. The van der Waals surface area contributed by atoms with Crippen molar-refractivity contribution in [1.29, 1.82) is 0 Å². The molecule has 160 valence electrons. The molecule has 5 heteroatoms. The summed E-state index contributed by atoms with van der Waals surface area (Å²) in [5, 5.41) is 4.15. The van der Waals surface area contributed by atoms with Gasteiger partial charge in [0.25, 0.3) is 0 Å². The van der Waals surface area contributed by atoms with Crippen molar-refractivity contribution in [2.45, 2.75) is 75.5 Å². The Hall–Kier alpha value is -1.85. The van der Waals surface area contributed by atoms with Gasteiger partial charge in [-0.2, -0.15) is 0 Å². The van der Waals surface area contributed by atoms with E-state index in [0.29, 0.717) is 0 Å². The minimum absolute atomic E-state index is 0.836. The zero-order chi connectivity index (χ0) is 21.2. The van der Waals surface area contributed by atoms with Crippen LogP contribution in [0.5, 0.6) is 0 Å². The van der Waals surface area contributed by atoms with E-state index in [2.05, 4.69) is 46.5 Å². The Kier molecular flexibility index (Phi) is 9.22. The molecule has 0 spiro atoms. The van der Waals surface area contributed by atoms with Crippen LogP contribution in [0.15, 0.2) is 58.5 Å². The van der Waals surface area contributed by atoms with Crippen molar-refractivity contribution < 1.29 is 0 Å². The molecule has 4 rings (SSSR count). The Labute approximate surface area is 189 Å². The molecule has 0 unspecified atom stereocenters. The van der Waals surface area contributed by atoms with Gasteiger partial charge in [0.2, 0.25) is 0 Å². The van der Waals surface area contributed by atoms with Crippen LogP contribution in [-0.2, 0) is 0 Å². The van der Waals surface area contributed by atoms with E-state index in [4.69, 9.17) is 0 Å². The fraction of sp³-hybridized carbons (Fsp3) is 0.440. The van der Waals surface area contributed by atoms with Crippen molar-refractivity contribution in [2.24, 2.45) is 5.92 Å². The standard InChI is InChI=1S/C16H15N3S2.C9H18/c1-11-8-14(21-13-6-4-3-5-7-13)9-15(18-11)19-16-17-10-12(2)20-16;1-2-6-9-7-4-3-5-8-9/h3-10H,1-2H3,(H,17,18,19);9H,2-8H2,1H3. The van der Waals surface area contributed by atoms with Gasteiger partial charge in [0, 0.05) is 26.6 Å². The van der Waals surface area contributed by atoms with E-state index in [0.717, 1.165) is 22.6 Å². The van der Waals surface area contributed by atoms with Crippen LogP contribution in [0.4, 0.5) is 10.9 Å². The van der Waals surface area contributed by atoms with Crippen molar-refractivity contribution >= 4 is 34.0 Å². The van der Waals surface area contributed by atoms with Crippen molar-refractivity contribution in [1.82, 2.24) is 9.97 Å². The van der Waals surface area contributed by atoms with Crippen molar-refractivity contribution in [2.75, 3.05) is 5.32 Å². The lowest BCUT2D eigenvalue weighted by atomic mass is 9.86. The Morgan fingerprint density at radius 1 is 1.03 bits per heavy atom. The number of hydrogen-bond acceptors (Lipinski definition) is 5. The van der Waals surface area contributed by atoms with Crippen LogP contribution >= 0.6 is 23.1 Å². The summed E-state index contributed by atoms with van der Waals surface area (Å²) in [5.74, 6) is 1.94. The van der Waals surface area contributed by atoms with Crippen LogP contribution in [0.25, 0.3) is 0 Å². The molecular weight excluding hydrogens is 406 g/mol. The topological polar surface area (TPSA) is 37.8 Å². The van der Waals surface area contributed by atoms with E-state index in [1.807, 2.05) is 38.2 Å². The first-order chi connectivity index (χ1) is 14.6. The average molecular weight is 440 g/mol. The molecule has 0 aliphatic heterocycles. The minimum atomic E-state index is 0.836. The molecule has 1 fully saturated rings. The van der Waals surface area contributed by atoms with Gasteiger partial charge in [0.15, 0.2) is 5.13 Å².